The second-order valence-electron chi connectivity index (χ2n) is 19.0. The summed E-state index contributed by atoms with van der Waals surface area (Å²) in [4.78, 5) is 4.87. The van der Waals surface area contributed by atoms with Crippen LogP contribution in [-0.2, 0) is 10.8 Å². The van der Waals surface area contributed by atoms with Crippen LogP contribution in [0.3, 0.4) is 0 Å². The fourth-order valence-corrected chi connectivity index (χ4v) is 11.5. The van der Waals surface area contributed by atoms with E-state index < -0.39 is 0 Å². The Bertz CT molecular complexity index is 3670. The van der Waals surface area contributed by atoms with Crippen molar-refractivity contribution in [2.24, 2.45) is 0 Å². The van der Waals surface area contributed by atoms with Crippen molar-refractivity contribution >= 4 is 77.5 Å². The summed E-state index contributed by atoms with van der Waals surface area (Å²) in [5.74, 6) is 0. The van der Waals surface area contributed by atoms with Crippen LogP contribution in [0.2, 0.25) is 0 Å². The molecule has 1 aromatic heterocycles. The van der Waals surface area contributed by atoms with Crippen molar-refractivity contribution < 1.29 is 0 Å². The van der Waals surface area contributed by atoms with Crippen molar-refractivity contribution in [1.29, 1.82) is 0 Å². The topological polar surface area (TPSA) is 11.4 Å². The van der Waals surface area contributed by atoms with Gasteiger partial charge in [0.2, 0.25) is 0 Å². The highest BCUT2D eigenvalue weighted by atomic mass is 15.2. The lowest BCUT2D eigenvalue weighted by Gasteiger charge is -2.42. The molecular formula is C62H47N3. The van der Waals surface area contributed by atoms with Gasteiger partial charge in [0.15, 0.2) is 0 Å². The number of nitrogens with zero attached hydrogens (tertiary/aromatic N) is 3. The van der Waals surface area contributed by atoms with E-state index in [2.05, 4.69) is 254 Å². The highest BCUT2D eigenvalue weighted by molar-refractivity contribution is 6.17. The van der Waals surface area contributed by atoms with Crippen molar-refractivity contribution in [2.45, 2.75) is 38.5 Å². The maximum absolute atomic E-state index is 2.64. The van der Waals surface area contributed by atoms with Gasteiger partial charge in [-0.3, -0.25) is 0 Å². The molecule has 0 aliphatic carbocycles. The summed E-state index contributed by atoms with van der Waals surface area (Å²) >= 11 is 0. The Labute approximate surface area is 380 Å². The Hall–Kier alpha value is -7.88. The number of fused-ring (bicyclic) bond motifs is 3. The van der Waals surface area contributed by atoms with E-state index in [9.17, 15) is 0 Å². The molecule has 3 nitrogen and oxygen atoms in total. The fourth-order valence-electron chi connectivity index (χ4n) is 11.5. The number of hydrogen-bond acceptors (Lipinski definition) is 2. The normalized spacial score (nSPS) is 14.1. The van der Waals surface area contributed by atoms with Gasteiger partial charge in [-0.05, 0) is 117 Å². The van der Waals surface area contributed by atoms with Crippen LogP contribution in [0.1, 0.15) is 49.9 Å². The Balaban J connectivity index is 1.11. The fraction of sp³-hybridized carbons (Fsp3) is 0.0968. The van der Waals surface area contributed by atoms with E-state index in [1.165, 1.54) is 82.4 Å². The molecule has 11 aromatic rings. The molecule has 65 heavy (non-hydrogen) atoms. The van der Waals surface area contributed by atoms with E-state index in [-0.39, 0.29) is 10.8 Å². The van der Waals surface area contributed by atoms with Crippen LogP contribution in [0, 0.1) is 0 Å². The smallest absolute Gasteiger partial charge is 0.0583 e. The number of hydrogen-bond donors (Lipinski definition) is 0. The van der Waals surface area contributed by atoms with Crippen molar-refractivity contribution in [3.05, 3.63) is 235 Å². The van der Waals surface area contributed by atoms with Crippen LogP contribution in [0.15, 0.2) is 212 Å². The van der Waals surface area contributed by atoms with Gasteiger partial charge in [-0.1, -0.05) is 167 Å². The molecular weight excluding hydrogens is 787 g/mol. The minimum absolute atomic E-state index is 0.250. The van der Waals surface area contributed by atoms with Gasteiger partial charge in [-0.25, -0.2) is 0 Å². The molecule has 0 N–H and O–H groups in total. The predicted molar refractivity (Wildman–Crippen MR) is 275 cm³/mol. The summed E-state index contributed by atoms with van der Waals surface area (Å²) in [6, 6.07) is 78.5. The largest absolute Gasteiger partial charge is 0.310 e. The van der Waals surface area contributed by atoms with E-state index in [4.69, 9.17) is 0 Å². The van der Waals surface area contributed by atoms with E-state index in [1.807, 2.05) is 0 Å². The van der Waals surface area contributed by atoms with Gasteiger partial charge in [0.1, 0.15) is 0 Å². The number of rotatable bonds is 7. The lowest BCUT2D eigenvalue weighted by molar-refractivity contribution is 0.594. The van der Waals surface area contributed by atoms with Gasteiger partial charge in [0.25, 0.3) is 0 Å². The first-order valence-corrected chi connectivity index (χ1v) is 22.9. The molecule has 3 heteroatoms. The minimum atomic E-state index is -0.255. The van der Waals surface area contributed by atoms with Crippen LogP contribution in [0.5, 0.6) is 0 Å². The molecule has 0 radical (unpaired) electrons. The summed E-state index contributed by atoms with van der Waals surface area (Å²) in [5.41, 5.74) is 18.3. The third-order valence-corrected chi connectivity index (χ3v) is 14.7. The molecule has 310 valence electrons. The van der Waals surface area contributed by atoms with Crippen molar-refractivity contribution in [3.63, 3.8) is 0 Å². The molecule has 0 saturated heterocycles. The minimum Gasteiger partial charge on any atom is -0.310 e. The summed E-state index contributed by atoms with van der Waals surface area (Å²) in [6.07, 6.45) is 0. The molecule has 0 fully saturated rings. The monoisotopic (exact) mass is 833 g/mol. The van der Waals surface area contributed by atoms with Gasteiger partial charge in [0, 0.05) is 55.1 Å². The molecule has 13 rings (SSSR count). The highest BCUT2D eigenvalue weighted by Crippen LogP contribution is 2.57. The summed E-state index contributed by atoms with van der Waals surface area (Å²) in [5, 5.41) is 7.44. The van der Waals surface area contributed by atoms with Crippen LogP contribution in [0.4, 0.5) is 34.1 Å². The Morgan fingerprint density at radius 2 is 0.831 bits per heavy atom. The number of aromatic nitrogens is 1. The molecule has 2 aliphatic heterocycles. The first-order chi connectivity index (χ1) is 31.8. The SMILES string of the molecule is CC1(C)c2cccc3c2-n2c4c1cc(-c1ccc(N(c5ccccc5)c5cccc6ccccc56)c5ccccc15)cc4c1cc(N(c4ccccc4)c4ccccc4)cc(c12)C3(C)C. The molecule has 0 atom stereocenters. The maximum Gasteiger partial charge on any atom is 0.0583 e. The summed E-state index contributed by atoms with van der Waals surface area (Å²) < 4.78 is 2.64. The second kappa shape index (κ2) is 13.8. The summed E-state index contributed by atoms with van der Waals surface area (Å²) in [6.45, 7) is 9.73. The number of para-hydroxylation sites is 4. The molecule has 3 heterocycles. The third kappa shape index (κ3) is 5.36. The van der Waals surface area contributed by atoms with E-state index in [1.54, 1.807) is 0 Å². The predicted octanol–water partition coefficient (Wildman–Crippen LogP) is 17.0. The lowest BCUT2D eigenvalue weighted by Crippen LogP contribution is -2.33. The van der Waals surface area contributed by atoms with Crippen molar-refractivity contribution in [1.82, 2.24) is 4.57 Å². The standard InChI is InChI=1S/C62H47N3/c1-61(2)52-31-19-32-53-60(52)65-58-50(51-38-45(39-55(59(51)65)62(53,3)4)63(42-22-8-5-9-23-42)43-24-10-6-11-25-43)36-41(37-54(58)61)46-34-35-57(49-30-17-16-29-48(46)49)64(44-26-12-7-13-27-44)56-33-18-21-40-20-14-15-28-47(40)56/h5-39H,1-4H3. The third-order valence-electron chi connectivity index (χ3n) is 14.7. The van der Waals surface area contributed by atoms with Crippen LogP contribution in [-0.4, -0.2) is 4.57 Å². The Kier molecular flexibility index (Phi) is 8.00. The van der Waals surface area contributed by atoms with E-state index in [0.29, 0.717) is 0 Å². The summed E-state index contributed by atoms with van der Waals surface area (Å²) in [7, 11) is 0. The highest BCUT2D eigenvalue weighted by Gasteiger charge is 2.44. The zero-order chi connectivity index (χ0) is 43.6. The van der Waals surface area contributed by atoms with Gasteiger partial charge in [-0.15, -0.1) is 0 Å². The molecule has 10 aromatic carbocycles. The first kappa shape index (κ1) is 37.7. The molecule has 0 saturated carbocycles. The maximum atomic E-state index is 2.64. The van der Waals surface area contributed by atoms with Gasteiger partial charge in [0.05, 0.1) is 28.1 Å². The quantitative estimate of drug-likeness (QED) is 0.158. The number of anilines is 6. The second-order valence-corrected chi connectivity index (χ2v) is 19.0. The van der Waals surface area contributed by atoms with Crippen molar-refractivity contribution in [2.75, 3.05) is 9.80 Å². The van der Waals surface area contributed by atoms with Gasteiger partial charge in [-0.2, -0.15) is 0 Å². The Morgan fingerprint density at radius 1 is 0.338 bits per heavy atom. The molecule has 0 bridgehead atoms. The van der Waals surface area contributed by atoms with Crippen LogP contribution >= 0.6 is 0 Å². The first-order valence-electron chi connectivity index (χ1n) is 22.9. The van der Waals surface area contributed by atoms with Gasteiger partial charge >= 0.3 is 0 Å². The van der Waals surface area contributed by atoms with Crippen molar-refractivity contribution in [3.8, 4) is 16.8 Å². The number of benzene rings is 10. The Morgan fingerprint density at radius 3 is 1.48 bits per heavy atom. The average molecular weight is 834 g/mol. The van der Waals surface area contributed by atoms with E-state index in [0.717, 1.165) is 34.1 Å². The molecule has 0 amide bonds. The van der Waals surface area contributed by atoms with E-state index >= 15 is 0 Å². The zero-order valence-corrected chi connectivity index (χ0v) is 37.0. The average Bonchev–Trinajstić information content (AvgIpc) is 3.68. The van der Waals surface area contributed by atoms with Crippen LogP contribution < -0.4 is 9.80 Å². The molecule has 0 unspecified atom stereocenters. The van der Waals surface area contributed by atoms with Gasteiger partial charge < -0.3 is 14.4 Å². The molecule has 2 aliphatic rings. The lowest BCUT2D eigenvalue weighted by atomic mass is 9.68. The molecule has 0 spiro atoms. The zero-order valence-electron chi connectivity index (χ0n) is 37.0. The van der Waals surface area contributed by atoms with Crippen LogP contribution in [0.25, 0.3) is 60.2 Å².